The van der Waals surface area contributed by atoms with Gasteiger partial charge in [0, 0.05) is 32.7 Å². The fourth-order valence-corrected chi connectivity index (χ4v) is 3.14. The van der Waals surface area contributed by atoms with E-state index in [4.69, 9.17) is 4.74 Å². The van der Waals surface area contributed by atoms with Gasteiger partial charge in [0.2, 0.25) is 0 Å². The molecule has 1 aliphatic heterocycles. The van der Waals surface area contributed by atoms with Crippen molar-refractivity contribution in [2.24, 2.45) is 0 Å². The van der Waals surface area contributed by atoms with Gasteiger partial charge in [0.05, 0.1) is 6.54 Å². The highest BCUT2D eigenvalue weighted by atomic mass is 16.5. The van der Waals surface area contributed by atoms with E-state index in [0.29, 0.717) is 0 Å². The zero-order chi connectivity index (χ0) is 17.2. The molecule has 0 aliphatic carbocycles. The van der Waals surface area contributed by atoms with Crippen LogP contribution in [-0.2, 0) is 0 Å². The maximum atomic E-state index is 9.44. The van der Waals surface area contributed by atoms with Crippen molar-refractivity contribution in [1.29, 1.82) is 0 Å². The number of nitrogens with one attached hydrogen (secondary N) is 1. The van der Waals surface area contributed by atoms with Gasteiger partial charge in [-0.25, -0.2) is 10.0 Å². The summed E-state index contributed by atoms with van der Waals surface area (Å²) in [6.45, 7) is 10.6. The van der Waals surface area contributed by atoms with Gasteiger partial charge in [-0.05, 0) is 37.1 Å². The highest BCUT2D eigenvalue weighted by molar-refractivity contribution is 5.30. The first-order chi connectivity index (χ1) is 11.7. The summed E-state index contributed by atoms with van der Waals surface area (Å²) >= 11 is 0. The van der Waals surface area contributed by atoms with Crippen LogP contribution in [0.2, 0.25) is 0 Å². The molecule has 1 unspecified atom stereocenters. The Labute approximate surface area is 146 Å². The molecule has 1 saturated heterocycles. The summed E-state index contributed by atoms with van der Waals surface area (Å²) in [5, 5.41) is 17.7. The van der Waals surface area contributed by atoms with Crippen LogP contribution in [0.5, 0.6) is 11.5 Å². The molecule has 0 aromatic heterocycles. The van der Waals surface area contributed by atoms with E-state index in [0.717, 1.165) is 51.4 Å². The predicted octanol–water partition coefficient (Wildman–Crippen LogP) is 2.86. The van der Waals surface area contributed by atoms with Gasteiger partial charge in [-0.15, -0.1) is 0 Å². The number of aromatic hydroxyl groups is 1. The second-order valence-electron chi connectivity index (χ2n) is 6.44. The first-order valence-electron chi connectivity index (χ1n) is 9.39. The first kappa shape index (κ1) is 19.0. The molecule has 0 spiro atoms. The molecular weight excluding hydrogens is 302 g/mol. The van der Waals surface area contributed by atoms with Crippen molar-refractivity contribution in [1.82, 2.24) is 15.3 Å². The fourth-order valence-electron chi connectivity index (χ4n) is 3.14. The summed E-state index contributed by atoms with van der Waals surface area (Å²) in [6, 6.07) is 7.07. The van der Waals surface area contributed by atoms with Crippen LogP contribution in [0.15, 0.2) is 24.3 Å². The van der Waals surface area contributed by atoms with Crippen molar-refractivity contribution in [2.75, 3.05) is 39.3 Å². The number of hydrogen-bond acceptors (Lipinski definition) is 5. The van der Waals surface area contributed by atoms with Gasteiger partial charge in [-0.3, -0.25) is 0 Å². The number of rotatable bonds is 10. The van der Waals surface area contributed by atoms with Gasteiger partial charge in [0.15, 0.2) is 0 Å². The van der Waals surface area contributed by atoms with E-state index in [1.807, 2.05) is 12.1 Å². The number of nitrogens with zero attached hydrogens (tertiary/aromatic N) is 2. The van der Waals surface area contributed by atoms with E-state index in [1.54, 1.807) is 12.1 Å². The number of benzene rings is 1. The van der Waals surface area contributed by atoms with Crippen LogP contribution in [0.25, 0.3) is 0 Å². The molecule has 1 atom stereocenters. The number of ether oxygens (including phenoxy) is 1. The molecule has 136 valence electrons. The average molecular weight is 335 g/mol. The largest absolute Gasteiger partial charge is 0.508 e. The van der Waals surface area contributed by atoms with Crippen molar-refractivity contribution in [3.05, 3.63) is 24.3 Å². The highest BCUT2D eigenvalue weighted by Crippen LogP contribution is 2.20. The van der Waals surface area contributed by atoms with E-state index < -0.39 is 0 Å². The Morgan fingerprint density at radius 2 is 1.88 bits per heavy atom. The van der Waals surface area contributed by atoms with E-state index in [2.05, 4.69) is 29.2 Å². The lowest BCUT2D eigenvalue weighted by Crippen LogP contribution is -2.54. The minimum atomic E-state index is 0.177. The minimum Gasteiger partial charge on any atom is -0.508 e. The van der Waals surface area contributed by atoms with Crippen LogP contribution in [0.4, 0.5) is 0 Å². The third kappa shape index (κ3) is 6.30. The van der Waals surface area contributed by atoms with Crippen LogP contribution in [0.1, 0.15) is 39.5 Å². The molecule has 0 saturated carbocycles. The normalized spacial score (nSPS) is 17.1. The van der Waals surface area contributed by atoms with E-state index in [9.17, 15) is 5.11 Å². The monoisotopic (exact) mass is 335 g/mol. The van der Waals surface area contributed by atoms with Gasteiger partial charge in [-0.2, -0.15) is 0 Å². The number of hydrogen-bond donors (Lipinski definition) is 2. The van der Waals surface area contributed by atoms with Crippen LogP contribution in [0, 0.1) is 0 Å². The van der Waals surface area contributed by atoms with Crippen molar-refractivity contribution >= 4 is 0 Å². The van der Waals surface area contributed by atoms with Crippen molar-refractivity contribution in [2.45, 2.75) is 45.6 Å². The second-order valence-corrected chi connectivity index (χ2v) is 6.44. The highest BCUT2D eigenvalue weighted by Gasteiger charge is 2.21. The third-order valence-electron chi connectivity index (χ3n) is 4.54. The van der Waals surface area contributed by atoms with Crippen LogP contribution >= 0.6 is 0 Å². The molecule has 5 nitrogen and oxygen atoms in total. The molecule has 1 fully saturated rings. The Morgan fingerprint density at radius 1 is 1.17 bits per heavy atom. The molecule has 1 aliphatic rings. The number of unbranched alkanes of at least 4 members (excludes halogenated alkanes) is 2. The van der Waals surface area contributed by atoms with E-state index in [1.165, 1.54) is 19.3 Å². The maximum Gasteiger partial charge on any atom is 0.120 e. The zero-order valence-corrected chi connectivity index (χ0v) is 15.2. The Kier molecular flexibility index (Phi) is 8.36. The van der Waals surface area contributed by atoms with Gasteiger partial charge in [0.1, 0.15) is 17.6 Å². The molecule has 0 radical (unpaired) electrons. The summed E-state index contributed by atoms with van der Waals surface area (Å²) in [7, 11) is 0. The lowest BCUT2D eigenvalue weighted by molar-refractivity contribution is -0.0536. The Hall–Kier alpha value is -1.30. The van der Waals surface area contributed by atoms with Crippen LogP contribution in [-0.4, -0.2) is 60.5 Å². The first-order valence-corrected chi connectivity index (χ1v) is 9.39. The SMILES string of the molecule is CCCCCC(CN(CC)N1CCNCC1)Oc1ccc(O)cc1. The molecule has 0 bridgehead atoms. The quantitative estimate of drug-likeness (QED) is 0.644. The van der Waals surface area contributed by atoms with Crippen molar-refractivity contribution in [3.63, 3.8) is 0 Å². The molecule has 0 amide bonds. The molecular formula is C19H33N3O2. The van der Waals surface area contributed by atoms with Crippen LogP contribution < -0.4 is 10.1 Å². The predicted molar refractivity (Wildman–Crippen MR) is 98.4 cm³/mol. The minimum absolute atomic E-state index is 0.177. The van der Waals surface area contributed by atoms with Gasteiger partial charge in [-0.1, -0.05) is 26.7 Å². The number of likely N-dealkylation sites (N-methyl/N-ethyl adjacent to an activating group) is 1. The summed E-state index contributed by atoms with van der Waals surface area (Å²) in [6.07, 6.45) is 4.91. The number of hydrazine groups is 1. The van der Waals surface area contributed by atoms with Crippen molar-refractivity contribution in [3.8, 4) is 11.5 Å². The molecule has 24 heavy (non-hydrogen) atoms. The van der Waals surface area contributed by atoms with Gasteiger partial charge < -0.3 is 15.2 Å². The van der Waals surface area contributed by atoms with Gasteiger partial charge >= 0.3 is 0 Å². The van der Waals surface area contributed by atoms with Gasteiger partial charge in [0.25, 0.3) is 0 Å². The Bertz CT molecular complexity index is 446. The maximum absolute atomic E-state index is 9.44. The smallest absolute Gasteiger partial charge is 0.120 e. The van der Waals surface area contributed by atoms with Crippen LogP contribution in [0.3, 0.4) is 0 Å². The molecule has 1 heterocycles. The number of piperazine rings is 1. The standard InChI is InChI=1S/C19H33N3O2/c1-3-5-6-7-19(24-18-10-8-17(23)9-11-18)16-21(4-2)22-14-12-20-13-15-22/h8-11,19-20,23H,3-7,12-16H2,1-2H3. The van der Waals surface area contributed by atoms with Crippen molar-refractivity contribution < 1.29 is 9.84 Å². The lowest BCUT2D eigenvalue weighted by Gasteiger charge is -2.39. The molecule has 2 N–H and O–H groups in total. The topological polar surface area (TPSA) is 48.0 Å². The summed E-state index contributed by atoms with van der Waals surface area (Å²) < 4.78 is 6.24. The second kappa shape index (κ2) is 10.5. The number of phenolic OH excluding ortho intramolecular Hbond substituents is 1. The fraction of sp³-hybridized carbons (Fsp3) is 0.684. The Morgan fingerprint density at radius 3 is 2.50 bits per heavy atom. The lowest BCUT2D eigenvalue weighted by atomic mass is 10.1. The molecule has 2 rings (SSSR count). The summed E-state index contributed by atoms with van der Waals surface area (Å²) in [4.78, 5) is 0. The average Bonchev–Trinajstić information content (AvgIpc) is 2.62. The van der Waals surface area contributed by atoms with E-state index >= 15 is 0 Å². The molecule has 5 heteroatoms. The summed E-state index contributed by atoms with van der Waals surface area (Å²) in [5.74, 6) is 1.12. The Balaban J connectivity index is 1.96. The number of phenols is 1. The molecule has 1 aromatic carbocycles. The third-order valence-corrected chi connectivity index (χ3v) is 4.54. The van der Waals surface area contributed by atoms with E-state index in [-0.39, 0.29) is 11.9 Å². The molecule has 1 aromatic rings. The zero-order valence-electron chi connectivity index (χ0n) is 15.2. The summed E-state index contributed by atoms with van der Waals surface area (Å²) in [5.41, 5.74) is 0.